The monoisotopic (exact) mass is 528 g/mol. The van der Waals surface area contributed by atoms with Crippen LogP contribution < -0.4 is 10.0 Å². The molecule has 2 heterocycles. The third-order valence-electron chi connectivity index (χ3n) is 5.15. The number of hydrogen-bond acceptors (Lipinski definition) is 7. The standard InChI is InChI=1S/C24H28N6O4S2/c1-24(2,3)28-35(31,32)20-10-6-8-17(14-20)22-13-12-19-16-25-23(27-30(19)22)26-18-9-7-11-21(15-18)36(33,34)29(4)5/h6-16,28H,1-5H3,(H,26,27). The summed E-state index contributed by atoms with van der Waals surface area (Å²) >= 11 is 0. The van der Waals surface area contributed by atoms with Gasteiger partial charge in [-0.2, -0.15) is 0 Å². The number of benzene rings is 2. The highest BCUT2D eigenvalue weighted by Crippen LogP contribution is 2.26. The predicted molar refractivity (Wildman–Crippen MR) is 139 cm³/mol. The van der Waals surface area contributed by atoms with Gasteiger partial charge in [0.25, 0.3) is 0 Å². The Labute approximate surface area is 211 Å². The molecule has 0 spiro atoms. The highest BCUT2D eigenvalue weighted by molar-refractivity contribution is 7.89. The molecule has 0 amide bonds. The third-order valence-corrected chi connectivity index (χ3v) is 8.71. The molecule has 0 aliphatic rings. The van der Waals surface area contributed by atoms with Crippen LogP contribution in [0.4, 0.5) is 11.6 Å². The fourth-order valence-corrected chi connectivity index (χ4v) is 5.95. The Kier molecular flexibility index (Phi) is 6.64. The van der Waals surface area contributed by atoms with Crippen LogP contribution >= 0.6 is 0 Å². The van der Waals surface area contributed by atoms with E-state index in [9.17, 15) is 16.8 Å². The van der Waals surface area contributed by atoms with E-state index in [1.165, 1.54) is 26.2 Å². The van der Waals surface area contributed by atoms with Gasteiger partial charge in [0.2, 0.25) is 26.0 Å². The summed E-state index contributed by atoms with van der Waals surface area (Å²) in [6.07, 6.45) is 1.63. The number of sulfonamides is 2. The second-order valence-electron chi connectivity index (χ2n) is 9.46. The van der Waals surface area contributed by atoms with E-state index in [-0.39, 0.29) is 15.7 Å². The van der Waals surface area contributed by atoms with Crippen molar-refractivity contribution in [3.63, 3.8) is 0 Å². The van der Waals surface area contributed by atoms with E-state index < -0.39 is 25.6 Å². The van der Waals surface area contributed by atoms with Crippen molar-refractivity contribution in [2.45, 2.75) is 36.1 Å². The van der Waals surface area contributed by atoms with Crippen LogP contribution in [-0.2, 0) is 20.0 Å². The molecular weight excluding hydrogens is 500 g/mol. The van der Waals surface area contributed by atoms with Crippen molar-refractivity contribution < 1.29 is 16.8 Å². The molecule has 190 valence electrons. The van der Waals surface area contributed by atoms with Gasteiger partial charge in [-0.05, 0) is 63.2 Å². The molecule has 10 nitrogen and oxygen atoms in total. The first kappa shape index (κ1) is 25.8. The Balaban J connectivity index is 1.69. The van der Waals surface area contributed by atoms with Crippen molar-refractivity contribution in [2.75, 3.05) is 19.4 Å². The Bertz CT molecular complexity index is 1640. The van der Waals surface area contributed by atoms with Gasteiger partial charge < -0.3 is 5.32 Å². The van der Waals surface area contributed by atoms with Crippen LogP contribution in [0, 0.1) is 0 Å². The maximum Gasteiger partial charge on any atom is 0.245 e. The minimum atomic E-state index is -3.71. The number of hydrogen-bond donors (Lipinski definition) is 2. The predicted octanol–water partition coefficient (Wildman–Crippen LogP) is 3.47. The van der Waals surface area contributed by atoms with Crippen LogP contribution in [0.15, 0.2) is 76.7 Å². The van der Waals surface area contributed by atoms with E-state index in [2.05, 4.69) is 20.1 Å². The SMILES string of the molecule is CN(C)S(=O)(=O)c1cccc(Nc2ncc3ccc(-c4cccc(S(=O)(=O)NC(C)(C)C)c4)n3n2)c1. The molecule has 0 bridgehead atoms. The second-order valence-corrected chi connectivity index (χ2v) is 13.3. The highest BCUT2D eigenvalue weighted by Gasteiger charge is 2.23. The number of nitrogens with one attached hydrogen (secondary N) is 2. The molecule has 2 aromatic carbocycles. The van der Waals surface area contributed by atoms with E-state index in [1.807, 2.05) is 18.2 Å². The van der Waals surface area contributed by atoms with Crippen molar-refractivity contribution in [1.82, 2.24) is 23.6 Å². The van der Waals surface area contributed by atoms with Crippen LogP contribution in [0.25, 0.3) is 16.8 Å². The van der Waals surface area contributed by atoms with Crippen LogP contribution in [0.3, 0.4) is 0 Å². The molecule has 2 aromatic heterocycles. The highest BCUT2D eigenvalue weighted by atomic mass is 32.2. The maximum absolute atomic E-state index is 12.8. The Morgan fingerprint density at radius 2 is 1.58 bits per heavy atom. The molecule has 0 saturated carbocycles. The first-order valence-electron chi connectivity index (χ1n) is 11.1. The third kappa shape index (κ3) is 5.41. The minimum Gasteiger partial charge on any atom is -0.323 e. The van der Waals surface area contributed by atoms with Crippen molar-refractivity contribution in [3.05, 3.63) is 66.9 Å². The van der Waals surface area contributed by atoms with Crippen molar-refractivity contribution in [2.24, 2.45) is 0 Å². The van der Waals surface area contributed by atoms with Crippen LogP contribution in [0.1, 0.15) is 20.8 Å². The Hall–Kier alpha value is -3.32. The molecule has 4 rings (SSSR count). The van der Waals surface area contributed by atoms with Gasteiger partial charge in [-0.15, -0.1) is 5.10 Å². The lowest BCUT2D eigenvalue weighted by atomic mass is 10.1. The van der Waals surface area contributed by atoms with Crippen LogP contribution in [0.5, 0.6) is 0 Å². The lowest BCUT2D eigenvalue weighted by Crippen LogP contribution is -2.40. The molecule has 0 fully saturated rings. The maximum atomic E-state index is 12.8. The molecule has 2 N–H and O–H groups in total. The van der Waals surface area contributed by atoms with E-state index in [0.29, 0.717) is 22.5 Å². The van der Waals surface area contributed by atoms with Gasteiger partial charge in [0.05, 0.1) is 27.2 Å². The summed E-state index contributed by atoms with van der Waals surface area (Å²) in [5, 5.41) is 7.60. The van der Waals surface area contributed by atoms with Gasteiger partial charge >= 0.3 is 0 Å². The summed E-state index contributed by atoms with van der Waals surface area (Å²) in [6.45, 7) is 5.35. The Morgan fingerprint density at radius 1 is 0.889 bits per heavy atom. The van der Waals surface area contributed by atoms with E-state index in [0.717, 1.165) is 4.31 Å². The van der Waals surface area contributed by atoms with Gasteiger partial charge in [0.15, 0.2) is 0 Å². The van der Waals surface area contributed by atoms with Gasteiger partial charge in [-0.3, -0.25) is 0 Å². The molecule has 0 unspecified atom stereocenters. The zero-order chi connectivity index (χ0) is 26.3. The van der Waals surface area contributed by atoms with Gasteiger partial charge in [-0.25, -0.2) is 35.4 Å². The van der Waals surface area contributed by atoms with E-state index in [1.54, 1.807) is 61.8 Å². The van der Waals surface area contributed by atoms with Gasteiger partial charge in [0.1, 0.15) is 0 Å². The quantitative estimate of drug-likeness (QED) is 0.376. The molecule has 12 heteroatoms. The average molecular weight is 529 g/mol. The smallest absolute Gasteiger partial charge is 0.245 e. The lowest BCUT2D eigenvalue weighted by Gasteiger charge is -2.20. The van der Waals surface area contributed by atoms with E-state index >= 15 is 0 Å². The number of aromatic nitrogens is 3. The molecular formula is C24H28N6O4S2. The molecule has 0 aliphatic carbocycles. The molecule has 36 heavy (non-hydrogen) atoms. The van der Waals surface area contributed by atoms with Crippen molar-refractivity contribution in [1.29, 1.82) is 0 Å². The van der Waals surface area contributed by atoms with Gasteiger partial charge in [0, 0.05) is 30.9 Å². The lowest BCUT2D eigenvalue weighted by molar-refractivity contribution is 0.491. The van der Waals surface area contributed by atoms with Crippen molar-refractivity contribution >= 4 is 37.2 Å². The minimum absolute atomic E-state index is 0.141. The summed E-state index contributed by atoms with van der Waals surface area (Å²) in [6, 6.07) is 16.7. The van der Waals surface area contributed by atoms with Crippen LogP contribution in [0.2, 0.25) is 0 Å². The molecule has 4 aromatic rings. The molecule has 0 radical (unpaired) electrons. The fourth-order valence-electron chi connectivity index (χ4n) is 3.54. The second kappa shape index (κ2) is 9.28. The summed E-state index contributed by atoms with van der Waals surface area (Å²) in [5.74, 6) is 0.248. The summed E-state index contributed by atoms with van der Waals surface area (Å²) < 4.78 is 56.1. The Morgan fingerprint density at radius 3 is 2.28 bits per heavy atom. The zero-order valence-electron chi connectivity index (χ0n) is 20.6. The first-order valence-corrected chi connectivity index (χ1v) is 14.0. The fraction of sp³-hybridized carbons (Fsp3) is 0.250. The van der Waals surface area contributed by atoms with Gasteiger partial charge in [-0.1, -0.05) is 18.2 Å². The first-order chi connectivity index (χ1) is 16.8. The average Bonchev–Trinajstić information content (AvgIpc) is 3.21. The molecule has 0 saturated heterocycles. The van der Waals surface area contributed by atoms with E-state index in [4.69, 9.17) is 0 Å². The largest absolute Gasteiger partial charge is 0.323 e. The molecule has 0 aliphatic heterocycles. The summed E-state index contributed by atoms with van der Waals surface area (Å²) in [5.41, 5.74) is 1.93. The zero-order valence-corrected chi connectivity index (χ0v) is 22.2. The number of anilines is 2. The molecule has 0 atom stereocenters. The number of rotatable bonds is 7. The number of fused-ring (bicyclic) bond motifs is 1. The normalized spacial score (nSPS) is 12.8. The van der Waals surface area contributed by atoms with Crippen LogP contribution in [-0.4, -0.2) is 55.4 Å². The topological polar surface area (TPSA) is 126 Å². The summed E-state index contributed by atoms with van der Waals surface area (Å²) in [7, 11) is -4.36. The van der Waals surface area contributed by atoms with Crippen molar-refractivity contribution in [3.8, 4) is 11.3 Å². The summed E-state index contributed by atoms with van der Waals surface area (Å²) in [4.78, 5) is 4.61. The number of nitrogens with zero attached hydrogens (tertiary/aromatic N) is 4.